The van der Waals surface area contributed by atoms with Gasteiger partial charge in [-0.15, -0.1) is 0 Å². The third-order valence-electron chi connectivity index (χ3n) is 9.26. The molecule has 13 nitrogen and oxygen atoms in total. The number of phenols is 1. The highest BCUT2D eigenvalue weighted by Gasteiger charge is 2.30. The highest BCUT2D eigenvalue weighted by Crippen LogP contribution is 2.52. The molecule has 0 aromatic heterocycles. The molecule has 0 fully saturated rings. The zero-order chi connectivity index (χ0) is 43.1. The van der Waals surface area contributed by atoms with Crippen LogP contribution in [-0.4, -0.2) is 71.6 Å². The number of nitrogens with one attached hydrogen (secondary N) is 4. The average molecular weight is 900 g/mol. The van der Waals surface area contributed by atoms with Crippen molar-refractivity contribution in [1.29, 1.82) is 0 Å². The van der Waals surface area contributed by atoms with Gasteiger partial charge in [-0.25, -0.2) is 9.36 Å². The molecule has 0 saturated heterocycles. The van der Waals surface area contributed by atoms with Crippen LogP contribution in [0.5, 0.6) is 11.5 Å². The third kappa shape index (κ3) is 15.3. The van der Waals surface area contributed by atoms with Crippen LogP contribution in [0.4, 0.5) is 8.39 Å². The van der Waals surface area contributed by atoms with Crippen LogP contribution >= 0.6 is 23.7 Å². The summed E-state index contributed by atoms with van der Waals surface area (Å²) in [7, 11) is -4.00. The van der Waals surface area contributed by atoms with E-state index in [1.807, 2.05) is 6.92 Å². The number of phenolic OH excluding ortho intramolecular Hbond substituents is 1. The molecule has 4 aromatic rings. The van der Waals surface area contributed by atoms with E-state index in [0.29, 0.717) is 35.1 Å². The molecule has 0 aliphatic carbocycles. The van der Waals surface area contributed by atoms with Crippen molar-refractivity contribution in [2.75, 3.05) is 13.7 Å². The van der Waals surface area contributed by atoms with Gasteiger partial charge >= 0.3 is 13.7 Å². The van der Waals surface area contributed by atoms with Crippen molar-refractivity contribution in [2.24, 2.45) is 0 Å². The number of carboxylic acid groups (broad SMARTS) is 1. The normalized spacial score (nSPS) is 12.7. The first-order chi connectivity index (χ1) is 28.0. The van der Waals surface area contributed by atoms with Gasteiger partial charge in [0.1, 0.15) is 18.1 Å². The van der Waals surface area contributed by atoms with Gasteiger partial charge < -0.3 is 36.2 Å². The lowest BCUT2D eigenvalue weighted by Crippen LogP contribution is -2.57. The molecule has 0 radical (unpaired) electrons. The molecule has 314 valence electrons. The van der Waals surface area contributed by atoms with E-state index in [4.69, 9.17) is 4.74 Å². The molecule has 0 unspecified atom stereocenters. The van der Waals surface area contributed by atoms with Gasteiger partial charge in [-0.3, -0.25) is 19.2 Å². The number of methoxy groups -OCH3 is 1. The first-order valence-electron chi connectivity index (χ1n) is 18.6. The van der Waals surface area contributed by atoms with Gasteiger partial charge in [0.15, 0.2) is 11.5 Å². The largest absolute Gasteiger partial charge is 0.504 e. The summed E-state index contributed by atoms with van der Waals surface area (Å²) < 4.78 is 43.5. The third-order valence-corrected chi connectivity index (χ3v) is 10.8. The van der Waals surface area contributed by atoms with Gasteiger partial charge in [0, 0.05) is 29.4 Å². The minimum Gasteiger partial charge on any atom is -0.504 e. The molecule has 0 bridgehead atoms. The maximum Gasteiger partial charge on any atom is 0.407 e. The van der Waals surface area contributed by atoms with Crippen molar-refractivity contribution < 1.29 is 51.9 Å². The molecule has 59 heavy (non-hydrogen) atoms. The summed E-state index contributed by atoms with van der Waals surface area (Å²) in [5.74, 6) is -3.78. The minimum atomic E-state index is -5.36. The second kappa shape index (κ2) is 22.0. The molecule has 0 saturated carbocycles. The maximum absolute atomic E-state index is 14.0. The van der Waals surface area contributed by atoms with E-state index in [1.165, 1.54) is 49.6 Å². The molecule has 6 N–H and O–H groups in total. The molecule has 0 spiro atoms. The molecular weight excluding hydrogens is 853 g/mol. The monoisotopic (exact) mass is 898 g/mol. The van der Waals surface area contributed by atoms with Gasteiger partial charge in [0.25, 0.3) is 5.91 Å². The van der Waals surface area contributed by atoms with Gasteiger partial charge in [-0.2, -0.15) is 8.39 Å². The summed E-state index contributed by atoms with van der Waals surface area (Å²) in [6, 6.07) is 19.9. The lowest BCUT2D eigenvalue weighted by Gasteiger charge is -2.25. The van der Waals surface area contributed by atoms with Crippen LogP contribution in [0.3, 0.4) is 0 Å². The van der Waals surface area contributed by atoms with Gasteiger partial charge in [0.05, 0.1) is 19.7 Å². The first kappa shape index (κ1) is 46.1. The summed E-state index contributed by atoms with van der Waals surface area (Å²) in [5.41, 5.74) is 3.09. The lowest BCUT2D eigenvalue weighted by atomic mass is 10.0. The second-order valence-corrected chi connectivity index (χ2v) is 16.2. The Morgan fingerprint density at radius 3 is 1.97 bits per heavy atom. The van der Waals surface area contributed by atoms with Crippen molar-refractivity contribution >= 4 is 53.3 Å². The number of unbranched alkanes of at least 4 members (excludes halogenated alkanes) is 1. The number of carbonyl (C=O) groups excluding carboxylic acids is 4. The molecule has 0 heterocycles. The van der Waals surface area contributed by atoms with E-state index >= 15 is 0 Å². The fourth-order valence-corrected chi connectivity index (χ4v) is 7.09. The second-order valence-electron chi connectivity index (χ2n) is 13.9. The number of ether oxygens (including phenoxy) is 1. The number of carboxylic acids is 1. The van der Waals surface area contributed by atoms with E-state index in [9.17, 15) is 47.1 Å². The van der Waals surface area contributed by atoms with Gasteiger partial charge in [-0.05, 0) is 78.3 Å². The molecule has 4 rings (SSSR count). The number of rotatable bonds is 21. The summed E-state index contributed by atoms with van der Waals surface area (Å²) in [6.45, 7) is 2.14. The van der Waals surface area contributed by atoms with Gasteiger partial charge in [0.2, 0.25) is 17.7 Å². The molecule has 3 atom stereocenters. The summed E-state index contributed by atoms with van der Waals surface area (Å²) >= 11 is 3.40. The fourth-order valence-electron chi connectivity index (χ4n) is 6.07. The van der Waals surface area contributed by atoms with Crippen molar-refractivity contribution in [3.8, 4) is 11.5 Å². The number of aromatic hydroxyl groups is 1. The SMILES string of the molecule is COc1cc(CC(=O)N[C@@H](Cc2ccccc2)C(=O)N[C@@H](Cc2ccc(CP(=O)(F)F)cc2)C(=O)N[C@@H](CCCCNC(=O)c2ccc(C)c(Br)c2)C(=O)O)ccc1O. The topological polar surface area (TPSA) is 200 Å². The van der Waals surface area contributed by atoms with Crippen LogP contribution in [0.25, 0.3) is 0 Å². The number of aliphatic carboxylic acids is 1. The van der Waals surface area contributed by atoms with Crippen molar-refractivity contribution in [1.82, 2.24) is 21.3 Å². The zero-order valence-corrected chi connectivity index (χ0v) is 34.9. The fraction of sp³-hybridized carbons (Fsp3) is 0.310. The smallest absolute Gasteiger partial charge is 0.407 e. The molecular formula is C42H46BrF2N4O9P. The number of hydrogen-bond acceptors (Lipinski definition) is 8. The Labute approximate surface area is 349 Å². The van der Waals surface area contributed by atoms with Crippen LogP contribution in [0, 0.1) is 6.92 Å². The summed E-state index contributed by atoms with van der Waals surface area (Å²) in [4.78, 5) is 66.1. The number of amides is 4. The highest BCUT2D eigenvalue weighted by atomic mass is 79.9. The number of aryl methyl sites for hydroxylation is 1. The number of hydrogen-bond donors (Lipinski definition) is 6. The number of halogens is 3. The molecule has 0 aliphatic heterocycles. The Kier molecular flexibility index (Phi) is 17.2. The van der Waals surface area contributed by atoms with Crippen LogP contribution < -0.4 is 26.0 Å². The molecule has 4 aromatic carbocycles. The summed E-state index contributed by atoms with van der Waals surface area (Å²) in [5, 5.41) is 30.7. The van der Waals surface area contributed by atoms with Crippen LogP contribution in [0.1, 0.15) is 57.4 Å². The maximum atomic E-state index is 14.0. The standard InChI is InChI=1S/C42H46BrF2N4O9P/c1-26-11-17-31(24-32(26)43)39(52)46-19-7-6-10-33(42(55)56)48-41(54)35(21-28-12-14-29(15-13-28)25-59(44,45)57)49-40(53)34(20-27-8-4-3-5-9-27)47-38(51)23-30-16-18-36(50)37(22-30)58-2/h3-5,8-9,11-18,22,24,33-35,50H,6-7,10,19-21,23,25H2,1-2H3,(H,46,52)(H,47,51)(H,48,54)(H,49,53)(H,55,56)/t33-,34-,35-/m0/s1. The van der Waals surface area contributed by atoms with Crippen LogP contribution in [-0.2, 0) is 49.2 Å². The predicted octanol–water partition coefficient (Wildman–Crippen LogP) is 6.27. The molecule has 17 heteroatoms. The lowest BCUT2D eigenvalue weighted by molar-refractivity contribution is -0.142. The average Bonchev–Trinajstić information content (AvgIpc) is 3.18. The van der Waals surface area contributed by atoms with Crippen molar-refractivity contribution in [3.63, 3.8) is 0 Å². The van der Waals surface area contributed by atoms with Gasteiger partial charge in [-0.1, -0.05) is 82.7 Å². The number of benzene rings is 4. The molecule has 4 amide bonds. The Morgan fingerprint density at radius 1 is 0.763 bits per heavy atom. The van der Waals surface area contributed by atoms with E-state index in [1.54, 1.807) is 48.5 Å². The van der Waals surface area contributed by atoms with E-state index in [0.717, 1.165) is 10.0 Å². The van der Waals surface area contributed by atoms with Crippen molar-refractivity contribution in [3.05, 3.63) is 129 Å². The quantitative estimate of drug-likeness (QED) is 0.0412. The Bertz CT molecular complexity index is 2160. The minimum absolute atomic E-state index is 0.0103. The summed E-state index contributed by atoms with van der Waals surface area (Å²) in [6.07, 6.45) is -0.630. The van der Waals surface area contributed by atoms with E-state index < -0.39 is 55.7 Å². The van der Waals surface area contributed by atoms with E-state index in [2.05, 4.69) is 37.2 Å². The Hall–Kier alpha value is -5.60. The Morgan fingerprint density at radius 2 is 1.36 bits per heavy atom. The Balaban J connectivity index is 1.49. The number of carbonyl (C=O) groups is 5. The predicted molar refractivity (Wildman–Crippen MR) is 221 cm³/mol. The molecule has 0 aliphatic rings. The van der Waals surface area contributed by atoms with Crippen LogP contribution in [0.2, 0.25) is 0 Å². The van der Waals surface area contributed by atoms with Crippen molar-refractivity contribution in [2.45, 2.75) is 69.7 Å². The van der Waals surface area contributed by atoms with Crippen LogP contribution in [0.15, 0.2) is 95.5 Å². The van der Waals surface area contributed by atoms with E-state index in [-0.39, 0.29) is 55.2 Å². The first-order valence-corrected chi connectivity index (χ1v) is 21.1. The highest BCUT2D eigenvalue weighted by molar-refractivity contribution is 9.10. The zero-order valence-electron chi connectivity index (χ0n) is 32.4.